The van der Waals surface area contributed by atoms with Crippen LogP contribution in [0.5, 0.6) is 0 Å². The van der Waals surface area contributed by atoms with Crippen LogP contribution in [0.3, 0.4) is 0 Å². The topological polar surface area (TPSA) is 9.72 Å². The van der Waals surface area contributed by atoms with Crippen LogP contribution in [0.15, 0.2) is 346 Å². The average Bonchev–Trinajstić information content (AvgIpc) is 2.05. The largest absolute Gasteiger partial charge is 0.311 e. The second kappa shape index (κ2) is 21.2. The van der Waals surface area contributed by atoms with Crippen molar-refractivity contribution in [2.24, 2.45) is 0 Å². The van der Waals surface area contributed by atoms with Gasteiger partial charge in [-0.15, -0.1) is 0 Å². The molecule has 1 aliphatic rings. The molecule has 0 saturated carbocycles. The van der Waals surface area contributed by atoms with Crippen molar-refractivity contribution in [3.05, 3.63) is 368 Å². The van der Waals surface area contributed by atoms with Gasteiger partial charge in [-0.2, -0.15) is 0 Å². The molecule has 15 aromatic carbocycles. The molecule has 16 rings (SSSR count). The van der Waals surface area contributed by atoms with Crippen molar-refractivity contribution in [3.63, 3.8) is 0 Å². The molecule has 0 saturated heterocycles. The zero-order chi connectivity index (χ0) is 57.0. The van der Waals surface area contributed by atoms with Crippen molar-refractivity contribution in [2.45, 2.75) is 5.41 Å². The SMILES string of the molecule is c1ccc(N(c2ccccc2)c2ccc(-c3ccc4c(c3)C(c3ccc(N(c5ccccc5)c5ccccc5)cc3)(c3ccc(N(c5ccccc5)c5ccccc5)cc3)c3cc(-c5ccc6ccc7cccc8ccc5c6c78)ccc3-4)cc2)cc1. The molecule has 0 heterocycles. The van der Waals surface area contributed by atoms with Gasteiger partial charge in [-0.3, -0.25) is 0 Å². The molecule has 3 heteroatoms. The minimum atomic E-state index is -0.788. The zero-order valence-corrected chi connectivity index (χ0v) is 47.3. The molecule has 0 atom stereocenters. The highest BCUT2D eigenvalue weighted by molar-refractivity contribution is 6.25. The Morgan fingerprint density at radius 1 is 0.198 bits per heavy atom. The van der Waals surface area contributed by atoms with Crippen molar-refractivity contribution in [1.29, 1.82) is 0 Å². The van der Waals surface area contributed by atoms with Gasteiger partial charge in [-0.25, -0.2) is 0 Å². The number of hydrogen-bond acceptors (Lipinski definition) is 3. The molecular weight excluding hydrogens is 1040 g/mol. The van der Waals surface area contributed by atoms with Crippen molar-refractivity contribution in [1.82, 2.24) is 0 Å². The van der Waals surface area contributed by atoms with Crippen LogP contribution in [0.4, 0.5) is 51.2 Å². The highest BCUT2D eigenvalue weighted by atomic mass is 15.2. The zero-order valence-electron chi connectivity index (χ0n) is 47.3. The maximum atomic E-state index is 2.53. The Labute approximate surface area is 502 Å². The predicted molar refractivity (Wildman–Crippen MR) is 362 cm³/mol. The lowest BCUT2D eigenvalue weighted by Crippen LogP contribution is -2.29. The Kier molecular flexibility index (Phi) is 12.4. The van der Waals surface area contributed by atoms with Gasteiger partial charge in [-0.05, 0) is 209 Å². The Hall–Kier alpha value is -11.3. The van der Waals surface area contributed by atoms with E-state index < -0.39 is 5.41 Å². The standard InChI is InChI=1S/C83H57N3/c1-7-22-66(23-8-1)84(67-24-9-2-10-25-67)72-46-36-58(37-47-72)62-40-53-76-77-54-41-63(75-52-38-61-35-34-59-20-19-21-60-39-55-78(75)82(61)81(59)60)57-80(77)83(79(76)56-62,64-42-48-73(49-43-64)85(68-26-11-3-12-27-68)69-28-13-4-14-29-69)65-44-50-74(51-45-65)86(70-30-15-5-16-31-70)71-32-17-6-18-33-71/h1-57H. The summed E-state index contributed by atoms with van der Waals surface area (Å²) in [6.45, 7) is 0. The summed E-state index contributed by atoms with van der Waals surface area (Å²) in [5.74, 6) is 0. The van der Waals surface area contributed by atoms with Gasteiger partial charge in [0.15, 0.2) is 0 Å². The number of rotatable bonds is 13. The van der Waals surface area contributed by atoms with E-state index in [9.17, 15) is 0 Å². The van der Waals surface area contributed by atoms with Crippen LogP contribution in [0.2, 0.25) is 0 Å². The summed E-state index contributed by atoms with van der Waals surface area (Å²) in [7, 11) is 0. The third-order valence-electron chi connectivity index (χ3n) is 17.6. The first kappa shape index (κ1) is 50.5. The van der Waals surface area contributed by atoms with Crippen LogP contribution >= 0.6 is 0 Å². The van der Waals surface area contributed by atoms with Gasteiger partial charge in [0.05, 0.1) is 5.41 Å². The maximum absolute atomic E-state index is 2.53. The third-order valence-corrected chi connectivity index (χ3v) is 17.6. The van der Waals surface area contributed by atoms with E-state index in [0.717, 1.165) is 62.3 Å². The summed E-state index contributed by atoms with van der Waals surface area (Å²) in [4.78, 5) is 7.04. The van der Waals surface area contributed by atoms with Crippen molar-refractivity contribution < 1.29 is 0 Å². The van der Waals surface area contributed by atoms with E-state index >= 15 is 0 Å². The molecule has 86 heavy (non-hydrogen) atoms. The molecule has 0 fully saturated rings. The van der Waals surface area contributed by atoms with Gasteiger partial charge in [-0.1, -0.05) is 224 Å². The van der Waals surface area contributed by atoms with E-state index in [1.165, 1.54) is 76.8 Å². The molecule has 0 N–H and O–H groups in total. The number of para-hydroxylation sites is 6. The monoisotopic (exact) mass is 1100 g/mol. The summed E-state index contributed by atoms with van der Waals surface area (Å²) in [5.41, 5.74) is 21.0. The van der Waals surface area contributed by atoms with Crippen molar-refractivity contribution >= 4 is 83.5 Å². The summed E-state index contributed by atoms with van der Waals surface area (Å²) < 4.78 is 0. The first-order valence-electron chi connectivity index (χ1n) is 29.6. The lowest BCUT2D eigenvalue weighted by molar-refractivity contribution is 0.769. The number of nitrogens with zero attached hydrogens (tertiary/aromatic N) is 3. The first-order chi connectivity index (χ1) is 42.7. The highest BCUT2D eigenvalue weighted by Crippen LogP contribution is 2.59. The molecule has 0 spiro atoms. The van der Waals surface area contributed by atoms with Gasteiger partial charge >= 0.3 is 0 Å². The summed E-state index contributed by atoms with van der Waals surface area (Å²) in [5, 5.41) is 7.67. The quantitative estimate of drug-likeness (QED) is 0.107. The number of fused-ring (bicyclic) bond motifs is 3. The van der Waals surface area contributed by atoms with E-state index in [2.05, 4.69) is 360 Å². The van der Waals surface area contributed by atoms with E-state index in [4.69, 9.17) is 0 Å². The van der Waals surface area contributed by atoms with E-state index in [0.29, 0.717) is 0 Å². The first-order valence-corrected chi connectivity index (χ1v) is 29.6. The predicted octanol–water partition coefficient (Wildman–Crippen LogP) is 22.7. The molecular formula is C83H57N3. The number of anilines is 9. The van der Waals surface area contributed by atoms with Crippen LogP contribution in [0.1, 0.15) is 22.3 Å². The van der Waals surface area contributed by atoms with Crippen LogP contribution in [-0.4, -0.2) is 0 Å². The molecule has 404 valence electrons. The second-order valence-electron chi connectivity index (χ2n) is 22.4. The molecule has 0 unspecified atom stereocenters. The Bertz CT molecular complexity index is 4620. The summed E-state index contributed by atoms with van der Waals surface area (Å²) >= 11 is 0. The second-order valence-corrected chi connectivity index (χ2v) is 22.4. The molecule has 1 aliphatic carbocycles. The normalized spacial score (nSPS) is 12.3. The Balaban J connectivity index is 0.929. The average molecular weight is 1100 g/mol. The highest BCUT2D eigenvalue weighted by Gasteiger charge is 2.47. The number of hydrogen-bond donors (Lipinski definition) is 0. The van der Waals surface area contributed by atoms with E-state index in [1.807, 2.05) is 0 Å². The molecule has 0 radical (unpaired) electrons. The Morgan fingerprint density at radius 2 is 0.500 bits per heavy atom. The molecule has 15 aromatic rings. The van der Waals surface area contributed by atoms with Crippen LogP contribution < -0.4 is 14.7 Å². The minimum absolute atomic E-state index is 0.788. The van der Waals surface area contributed by atoms with Crippen molar-refractivity contribution in [2.75, 3.05) is 14.7 Å². The molecule has 0 aromatic heterocycles. The maximum Gasteiger partial charge on any atom is 0.0714 e. The van der Waals surface area contributed by atoms with Gasteiger partial charge in [0.2, 0.25) is 0 Å². The van der Waals surface area contributed by atoms with Crippen LogP contribution in [0.25, 0.3) is 65.7 Å². The summed E-state index contributed by atoms with van der Waals surface area (Å²) in [6, 6.07) is 127. The summed E-state index contributed by atoms with van der Waals surface area (Å²) in [6.07, 6.45) is 0. The molecule has 0 bridgehead atoms. The Morgan fingerprint density at radius 3 is 0.907 bits per heavy atom. The smallest absolute Gasteiger partial charge is 0.0714 e. The molecule has 0 amide bonds. The van der Waals surface area contributed by atoms with Gasteiger partial charge in [0.1, 0.15) is 0 Å². The van der Waals surface area contributed by atoms with Gasteiger partial charge < -0.3 is 14.7 Å². The number of benzene rings is 15. The molecule has 3 nitrogen and oxygen atoms in total. The molecule has 0 aliphatic heterocycles. The van der Waals surface area contributed by atoms with Crippen LogP contribution in [-0.2, 0) is 5.41 Å². The van der Waals surface area contributed by atoms with E-state index in [-0.39, 0.29) is 0 Å². The fourth-order valence-corrected chi connectivity index (χ4v) is 13.8. The van der Waals surface area contributed by atoms with Crippen molar-refractivity contribution in [3.8, 4) is 33.4 Å². The van der Waals surface area contributed by atoms with E-state index in [1.54, 1.807) is 0 Å². The third kappa shape index (κ3) is 8.51. The van der Waals surface area contributed by atoms with Gasteiger partial charge in [0, 0.05) is 51.2 Å². The van der Waals surface area contributed by atoms with Crippen LogP contribution in [0, 0.1) is 0 Å². The fourth-order valence-electron chi connectivity index (χ4n) is 13.8. The fraction of sp³-hybridized carbons (Fsp3) is 0.0120. The lowest BCUT2D eigenvalue weighted by atomic mass is 9.67. The lowest BCUT2D eigenvalue weighted by Gasteiger charge is -2.35. The minimum Gasteiger partial charge on any atom is -0.311 e. The van der Waals surface area contributed by atoms with Gasteiger partial charge in [0.25, 0.3) is 0 Å².